The number of ether oxygens (including phenoxy) is 1. The van der Waals surface area contributed by atoms with E-state index in [1.807, 2.05) is 31.2 Å². The molecule has 0 fully saturated rings. The summed E-state index contributed by atoms with van der Waals surface area (Å²) in [7, 11) is 0. The average molecular weight is 292 g/mol. The van der Waals surface area contributed by atoms with Crippen LogP contribution in [0.15, 0.2) is 42.5 Å². The summed E-state index contributed by atoms with van der Waals surface area (Å²) in [6.45, 7) is 2.32. The third-order valence-electron chi connectivity index (χ3n) is 2.86. The zero-order valence-corrected chi connectivity index (χ0v) is 12.1. The highest BCUT2D eigenvalue weighted by Crippen LogP contribution is 2.27. The summed E-state index contributed by atoms with van der Waals surface area (Å²) < 4.78 is 5.66. The molecule has 0 aromatic heterocycles. The fraction of sp³-hybridized carbons (Fsp3) is 0.250. The summed E-state index contributed by atoms with van der Waals surface area (Å²) >= 11 is 6.20. The van der Waals surface area contributed by atoms with Crippen LogP contribution < -0.4 is 10.5 Å². The lowest BCUT2D eigenvalue weighted by molar-refractivity contribution is 0.305. The van der Waals surface area contributed by atoms with Gasteiger partial charge in [-0.25, -0.2) is 0 Å². The van der Waals surface area contributed by atoms with E-state index in [-0.39, 0.29) is 11.8 Å². The molecule has 0 bridgehead atoms. The molecule has 4 heteroatoms. The first-order valence-corrected chi connectivity index (χ1v) is 6.87. The van der Waals surface area contributed by atoms with Crippen LogP contribution in [0.3, 0.4) is 0 Å². The van der Waals surface area contributed by atoms with Gasteiger partial charge in [-0.15, -0.1) is 0 Å². The minimum absolute atomic E-state index is 0.102. The van der Waals surface area contributed by atoms with Crippen molar-refractivity contribution in [2.45, 2.75) is 26.0 Å². The van der Waals surface area contributed by atoms with E-state index in [1.165, 1.54) is 0 Å². The van der Waals surface area contributed by atoms with Gasteiger partial charge in [-0.05, 0) is 48.7 Å². The van der Waals surface area contributed by atoms with Gasteiger partial charge in [0.2, 0.25) is 0 Å². The second kappa shape index (κ2) is 6.64. The average Bonchev–Trinajstić information content (AvgIpc) is 2.37. The molecule has 1 atom stereocenters. The third-order valence-corrected chi connectivity index (χ3v) is 3.15. The largest absolute Gasteiger partial charge is 0.508 e. The molecule has 2 aromatic carbocycles. The molecule has 0 aliphatic heterocycles. The molecule has 0 amide bonds. The van der Waals surface area contributed by atoms with Crippen LogP contribution in [-0.2, 0) is 13.0 Å². The summed E-state index contributed by atoms with van der Waals surface area (Å²) in [5, 5.41) is 9.96. The Bertz CT molecular complexity index is 584. The number of hydrogen-bond acceptors (Lipinski definition) is 3. The van der Waals surface area contributed by atoms with Gasteiger partial charge >= 0.3 is 0 Å². The highest BCUT2D eigenvalue weighted by Gasteiger charge is 2.05. The molecule has 0 aliphatic carbocycles. The van der Waals surface area contributed by atoms with Gasteiger partial charge in [-0.1, -0.05) is 29.8 Å². The SMILES string of the molecule is CC(N)Cc1ccc(OCc2cccc(O)c2)c(Cl)c1. The molecule has 0 spiro atoms. The van der Waals surface area contributed by atoms with E-state index in [9.17, 15) is 5.11 Å². The first-order valence-electron chi connectivity index (χ1n) is 6.49. The maximum atomic E-state index is 9.39. The van der Waals surface area contributed by atoms with Crippen LogP contribution in [0.4, 0.5) is 0 Å². The maximum absolute atomic E-state index is 9.39. The fourth-order valence-electron chi connectivity index (χ4n) is 1.97. The molecule has 2 rings (SSSR count). The molecular formula is C16H18ClNO2. The molecular weight excluding hydrogens is 274 g/mol. The summed E-state index contributed by atoms with van der Waals surface area (Å²) in [6, 6.07) is 12.8. The number of rotatable bonds is 5. The molecule has 1 unspecified atom stereocenters. The van der Waals surface area contributed by atoms with Gasteiger partial charge in [0.25, 0.3) is 0 Å². The maximum Gasteiger partial charge on any atom is 0.138 e. The molecule has 0 heterocycles. The molecule has 0 aliphatic rings. The minimum Gasteiger partial charge on any atom is -0.508 e. The van der Waals surface area contributed by atoms with Crippen molar-refractivity contribution in [1.29, 1.82) is 0 Å². The first kappa shape index (κ1) is 14.7. The normalized spacial score (nSPS) is 12.2. The summed E-state index contributed by atoms with van der Waals surface area (Å²) in [5.41, 5.74) is 7.75. The number of benzene rings is 2. The Morgan fingerprint density at radius 3 is 2.65 bits per heavy atom. The quantitative estimate of drug-likeness (QED) is 0.886. The Labute approximate surface area is 123 Å². The van der Waals surface area contributed by atoms with Gasteiger partial charge in [0.1, 0.15) is 18.1 Å². The third kappa shape index (κ3) is 4.15. The predicted molar refractivity (Wildman–Crippen MR) is 81.2 cm³/mol. The van der Waals surface area contributed by atoms with Gasteiger partial charge in [0, 0.05) is 6.04 Å². The van der Waals surface area contributed by atoms with Gasteiger partial charge in [0.05, 0.1) is 5.02 Å². The zero-order valence-electron chi connectivity index (χ0n) is 11.3. The lowest BCUT2D eigenvalue weighted by atomic mass is 10.1. The second-order valence-corrected chi connectivity index (χ2v) is 5.31. The van der Waals surface area contributed by atoms with Crippen LogP contribution >= 0.6 is 11.6 Å². The minimum atomic E-state index is 0.102. The van der Waals surface area contributed by atoms with Crippen molar-refractivity contribution in [3.63, 3.8) is 0 Å². The van der Waals surface area contributed by atoms with E-state index < -0.39 is 0 Å². The van der Waals surface area contributed by atoms with Crippen LogP contribution in [0, 0.1) is 0 Å². The van der Waals surface area contributed by atoms with Crippen molar-refractivity contribution < 1.29 is 9.84 Å². The van der Waals surface area contributed by atoms with Crippen molar-refractivity contribution in [3.05, 3.63) is 58.6 Å². The highest BCUT2D eigenvalue weighted by molar-refractivity contribution is 6.32. The number of phenolic OH excluding ortho intramolecular Hbond substituents is 1. The zero-order chi connectivity index (χ0) is 14.5. The number of nitrogens with two attached hydrogens (primary N) is 1. The number of aromatic hydroxyl groups is 1. The van der Waals surface area contributed by atoms with Crippen molar-refractivity contribution in [1.82, 2.24) is 0 Å². The standard InChI is InChI=1S/C16H18ClNO2/c1-11(18)7-12-5-6-16(15(17)9-12)20-10-13-3-2-4-14(19)8-13/h2-6,8-9,11,19H,7,10,18H2,1H3. The van der Waals surface area contributed by atoms with Crippen molar-refractivity contribution in [2.75, 3.05) is 0 Å². The van der Waals surface area contributed by atoms with Crippen LogP contribution in [-0.4, -0.2) is 11.1 Å². The van der Waals surface area contributed by atoms with E-state index in [0.717, 1.165) is 17.5 Å². The van der Waals surface area contributed by atoms with E-state index in [1.54, 1.807) is 18.2 Å². The van der Waals surface area contributed by atoms with Gasteiger partial charge in [-0.3, -0.25) is 0 Å². The second-order valence-electron chi connectivity index (χ2n) is 4.90. The number of phenols is 1. The van der Waals surface area contributed by atoms with Crippen LogP contribution in [0.25, 0.3) is 0 Å². The molecule has 0 saturated heterocycles. The van der Waals surface area contributed by atoms with E-state index >= 15 is 0 Å². The predicted octanol–water partition coefficient (Wildman–Crippen LogP) is 3.51. The summed E-state index contributed by atoms with van der Waals surface area (Å²) in [6.07, 6.45) is 0.784. The molecule has 3 nitrogen and oxygen atoms in total. The van der Waals surface area contributed by atoms with Crippen molar-refractivity contribution in [3.8, 4) is 11.5 Å². The van der Waals surface area contributed by atoms with Gasteiger partial charge < -0.3 is 15.6 Å². The van der Waals surface area contributed by atoms with E-state index in [4.69, 9.17) is 22.1 Å². The topological polar surface area (TPSA) is 55.5 Å². The fourth-order valence-corrected chi connectivity index (χ4v) is 2.23. The molecule has 106 valence electrons. The smallest absolute Gasteiger partial charge is 0.138 e. The van der Waals surface area contributed by atoms with Gasteiger partial charge in [-0.2, -0.15) is 0 Å². The molecule has 3 N–H and O–H groups in total. The lowest BCUT2D eigenvalue weighted by Gasteiger charge is -2.11. The van der Waals surface area contributed by atoms with Crippen molar-refractivity contribution in [2.24, 2.45) is 5.73 Å². The lowest BCUT2D eigenvalue weighted by Crippen LogP contribution is -2.17. The van der Waals surface area contributed by atoms with Crippen LogP contribution in [0.5, 0.6) is 11.5 Å². The number of hydrogen-bond donors (Lipinski definition) is 2. The Hall–Kier alpha value is -1.71. The first-order chi connectivity index (χ1) is 9.54. The Balaban J connectivity index is 2.03. The summed E-state index contributed by atoms with van der Waals surface area (Å²) in [5.74, 6) is 0.855. The van der Waals surface area contributed by atoms with Gasteiger partial charge in [0.15, 0.2) is 0 Å². The van der Waals surface area contributed by atoms with E-state index in [2.05, 4.69) is 0 Å². The number of halogens is 1. The van der Waals surface area contributed by atoms with E-state index in [0.29, 0.717) is 17.4 Å². The Kier molecular flexibility index (Phi) is 4.88. The van der Waals surface area contributed by atoms with Crippen molar-refractivity contribution >= 4 is 11.6 Å². The molecule has 0 radical (unpaired) electrons. The molecule has 2 aromatic rings. The van der Waals surface area contributed by atoms with Crippen LogP contribution in [0.2, 0.25) is 5.02 Å². The monoisotopic (exact) mass is 291 g/mol. The molecule has 20 heavy (non-hydrogen) atoms. The summed E-state index contributed by atoms with van der Waals surface area (Å²) in [4.78, 5) is 0. The molecule has 0 saturated carbocycles. The van der Waals surface area contributed by atoms with Crippen LogP contribution in [0.1, 0.15) is 18.1 Å². The Morgan fingerprint density at radius 2 is 2.00 bits per heavy atom. The Morgan fingerprint density at radius 1 is 1.20 bits per heavy atom. The highest BCUT2D eigenvalue weighted by atomic mass is 35.5.